The number of rotatable bonds is 5. The van der Waals surface area contributed by atoms with Gasteiger partial charge in [0.25, 0.3) is 0 Å². The highest BCUT2D eigenvalue weighted by Gasteiger charge is 2.43. The van der Waals surface area contributed by atoms with Gasteiger partial charge in [-0.1, -0.05) is 78.9 Å². The van der Waals surface area contributed by atoms with Crippen molar-refractivity contribution in [2.45, 2.75) is 43.8 Å². The molecule has 0 radical (unpaired) electrons. The first-order chi connectivity index (χ1) is 18.6. The van der Waals surface area contributed by atoms with Crippen LogP contribution in [0.25, 0.3) is 10.1 Å². The van der Waals surface area contributed by atoms with Crippen LogP contribution in [0, 0.1) is 0 Å². The SMILES string of the molecule is CN(Cc1csc2ccccc12)C(=O)N1[C@@H]2CCC[C@H]1CN(C(=O)C(c1ccccc1)c1ccccc1)C2. The molecular weight excluding hydrogens is 490 g/mol. The summed E-state index contributed by atoms with van der Waals surface area (Å²) < 4.78 is 1.25. The maximum absolute atomic E-state index is 14.1. The number of piperidine rings is 1. The van der Waals surface area contributed by atoms with E-state index in [1.165, 1.54) is 15.6 Å². The Balaban J connectivity index is 1.21. The first-order valence-corrected chi connectivity index (χ1v) is 14.4. The third kappa shape index (κ3) is 4.69. The Morgan fingerprint density at radius 3 is 2.08 bits per heavy atom. The molecule has 2 aliphatic rings. The summed E-state index contributed by atoms with van der Waals surface area (Å²) in [6, 6.07) is 28.7. The quantitative estimate of drug-likeness (QED) is 0.306. The van der Waals surface area contributed by atoms with E-state index in [0.717, 1.165) is 30.4 Å². The molecule has 0 saturated carbocycles. The molecule has 3 heterocycles. The van der Waals surface area contributed by atoms with Crippen molar-refractivity contribution in [3.05, 3.63) is 107 Å². The Kier molecular flexibility index (Phi) is 6.90. The smallest absolute Gasteiger partial charge is 0.320 e. The van der Waals surface area contributed by atoms with Crippen molar-refractivity contribution in [3.63, 3.8) is 0 Å². The fourth-order valence-corrected chi connectivity index (χ4v) is 7.18. The average Bonchev–Trinajstić information content (AvgIpc) is 3.36. The predicted octanol–water partition coefficient (Wildman–Crippen LogP) is 6.35. The minimum atomic E-state index is -0.338. The van der Waals surface area contributed by atoms with Crippen molar-refractivity contribution in [2.24, 2.45) is 0 Å². The highest BCUT2D eigenvalue weighted by molar-refractivity contribution is 7.17. The lowest BCUT2D eigenvalue weighted by Gasteiger charge is -2.51. The minimum absolute atomic E-state index is 0.0489. The van der Waals surface area contributed by atoms with E-state index in [1.54, 1.807) is 11.3 Å². The van der Waals surface area contributed by atoms with E-state index in [2.05, 4.69) is 34.5 Å². The lowest BCUT2D eigenvalue weighted by atomic mass is 9.87. The van der Waals surface area contributed by atoms with Crippen LogP contribution in [0.15, 0.2) is 90.3 Å². The fourth-order valence-electron chi connectivity index (χ4n) is 6.23. The van der Waals surface area contributed by atoms with Gasteiger partial charge in [0, 0.05) is 31.4 Å². The van der Waals surface area contributed by atoms with Gasteiger partial charge < -0.3 is 14.7 Å². The first kappa shape index (κ1) is 24.7. The molecule has 0 unspecified atom stereocenters. The van der Waals surface area contributed by atoms with Gasteiger partial charge in [-0.25, -0.2) is 4.79 Å². The van der Waals surface area contributed by atoms with Crippen LogP contribution in [-0.2, 0) is 11.3 Å². The molecule has 5 nitrogen and oxygen atoms in total. The number of amides is 3. The molecule has 1 aromatic heterocycles. The van der Waals surface area contributed by atoms with Crippen molar-refractivity contribution in [2.75, 3.05) is 20.1 Å². The number of urea groups is 1. The average molecular weight is 524 g/mol. The second-order valence-electron chi connectivity index (χ2n) is 10.5. The molecule has 6 rings (SSSR count). The number of hydrogen-bond acceptors (Lipinski definition) is 3. The molecule has 2 atom stereocenters. The number of piperazine rings is 1. The molecule has 0 aliphatic carbocycles. The van der Waals surface area contributed by atoms with E-state index < -0.39 is 0 Å². The van der Waals surface area contributed by atoms with Crippen LogP contribution in [-0.4, -0.2) is 58.9 Å². The summed E-state index contributed by atoms with van der Waals surface area (Å²) in [5.41, 5.74) is 3.21. The molecule has 0 N–H and O–H groups in total. The number of likely N-dealkylation sites (tertiary alicyclic amines) is 1. The van der Waals surface area contributed by atoms with Crippen molar-refractivity contribution in [1.82, 2.24) is 14.7 Å². The van der Waals surface area contributed by atoms with Gasteiger partial charge in [0.1, 0.15) is 0 Å². The Hall–Kier alpha value is -3.64. The number of carbonyl (C=O) groups is 2. The Bertz CT molecular complexity index is 1370. The number of fused-ring (bicyclic) bond motifs is 3. The second kappa shape index (κ2) is 10.6. The summed E-state index contributed by atoms with van der Waals surface area (Å²) in [5, 5.41) is 3.39. The lowest BCUT2D eigenvalue weighted by molar-refractivity contribution is -0.137. The van der Waals surface area contributed by atoms with Crippen molar-refractivity contribution in [3.8, 4) is 0 Å². The molecular formula is C32H33N3O2S. The summed E-state index contributed by atoms with van der Waals surface area (Å²) >= 11 is 1.73. The van der Waals surface area contributed by atoms with Crippen LogP contribution >= 0.6 is 11.3 Å². The van der Waals surface area contributed by atoms with E-state index in [-0.39, 0.29) is 29.9 Å². The molecule has 3 amide bonds. The number of benzene rings is 3. The predicted molar refractivity (Wildman–Crippen MR) is 153 cm³/mol. The van der Waals surface area contributed by atoms with E-state index in [1.807, 2.05) is 77.5 Å². The number of hydrogen-bond donors (Lipinski definition) is 0. The summed E-state index contributed by atoms with van der Waals surface area (Å²) in [6.07, 6.45) is 2.96. The maximum atomic E-state index is 14.1. The number of carbonyl (C=O) groups excluding carboxylic acids is 2. The zero-order chi connectivity index (χ0) is 26.1. The summed E-state index contributed by atoms with van der Waals surface area (Å²) in [6.45, 7) is 1.77. The molecule has 0 spiro atoms. The van der Waals surface area contributed by atoms with Gasteiger partial charge in [-0.3, -0.25) is 4.79 Å². The number of thiophene rings is 1. The van der Waals surface area contributed by atoms with Gasteiger partial charge in [-0.2, -0.15) is 0 Å². The van der Waals surface area contributed by atoms with Crippen LogP contribution in [0.4, 0.5) is 4.79 Å². The van der Waals surface area contributed by atoms with Crippen molar-refractivity contribution in [1.29, 1.82) is 0 Å². The molecule has 2 saturated heterocycles. The molecule has 3 aromatic carbocycles. The molecule has 2 fully saturated rings. The summed E-state index contributed by atoms with van der Waals surface area (Å²) in [4.78, 5) is 33.8. The normalized spacial score (nSPS) is 19.1. The molecule has 2 aliphatic heterocycles. The molecule has 194 valence electrons. The topological polar surface area (TPSA) is 43.9 Å². The second-order valence-corrected chi connectivity index (χ2v) is 11.5. The van der Waals surface area contributed by atoms with Gasteiger partial charge in [-0.05, 0) is 52.8 Å². The molecule has 4 aromatic rings. The third-order valence-corrected chi connectivity index (χ3v) is 9.08. The van der Waals surface area contributed by atoms with Crippen LogP contribution < -0.4 is 0 Å². The van der Waals surface area contributed by atoms with E-state index in [9.17, 15) is 9.59 Å². The monoisotopic (exact) mass is 523 g/mol. The Morgan fingerprint density at radius 1 is 0.868 bits per heavy atom. The Morgan fingerprint density at radius 2 is 1.45 bits per heavy atom. The highest BCUT2D eigenvalue weighted by Crippen LogP contribution is 2.34. The number of nitrogens with zero attached hydrogens (tertiary/aromatic N) is 3. The minimum Gasteiger partial charge on any atom is -0.338 e. The Labute approximate surface area is 228 Å². The molecule has 6 heteroatoms. The van der Waals surface area contributed by atoms with Gasteiger partial charge in [-0.15, -0.1) is 11.3 Å². The highest BCUT2D eigenvalue weighted by atomic mass is 32.1. The fraction of sp³-hybridized carbons (Fsp3) is 0.312. The van der Waals surface area contributed by atoms with Crippen LogP contribution in [0.1, 0.15) is 41.9 Å². The summed E-state index contributed by atoms with van der Waals surface area (Å²) in [5.74, 6) is -0.209. The lowest BCUT2D eigenvalue weighted by Crippen LogP contribution is -2.65. The largest absolute Gasteiger partial charge is 0.338 e. The van der Waals surface area contributed by atoms with Crippen LogP contribution in [0.2, 0.25) is 0 Å². The zero-order valence-corrected chi connectivity index (χ0v) is 22.5. The molecule has 38 heavy (non-hydrogen) atoms. The van der Waals surface area contributed by atoms with Gasteiger partial charge in [0.15, 0.2) is 0 Å². The van der Waals surface area contributed by atoms with Gasteiger partial charge >= 0.3 is 6.03 Å². The third-order valence-electron chi connectivity index (χ3n) is 8.06. The van der Waals surface area contributed by atoms with E-state index in [0.29, 0.717) is 19.6 Å². The maximum Gasteiger partial charge on any atom is 0.320 e. The van der Waals surface area contributed by atoms with Crippen molar-refractivity contribution >= 4 is 33.4 Å². The standard InChI is InChI=1S/C32H33N3O2S/c1-33(19-25-22-38-29-18-9-8-17-28(25)29)32(37)35-26-15-10-16-27(35)21-34(20-26)31(36)30(23-11-4-2-5-12-23)24-13-6-3-7-14-24/h2-9,11-14,17-18,22,26-27,30H,10,15-16,19-21H2,1H3/t26-,27+. The van der Waals surface area contributed by atoms with Gasteiger partial charge in [0.2, 0.25) is 5.91 Å². The summed E-state index contributed by atoms with van der Waals surface area (Å²) in [7, 11) is 1.91. The van der Waals surface area contributed by atoms with Gasteiger partial charge in [0.05, 0.1) is 18.0 Å². The van der Waals surface area contributed by atoms with E-state index in [4.69, 9.17) is 0 Å². The molecule has 2 bridgehead atoms. The zero-order valence-electron chi connectivity index (χ0n) is 21.7. The van der Waals surface area contributed by atoms with Crippen LogP contribution in [0.5, 0.6) is 0 Å². The van der Waals surface area contributed by atoms with Crippen molar-refractivity contribution < 1.29 is 9.59 Å². The van der Waals surface area contributed by atoms with E-state index >= 15 is 0 Å². The first-order valence-electron chi connectivity index (χ1n) is 13.5. The van der Waals surface area contributed by atoms with Crippen LogP contribution in [0.3, 0.4) is 0 Å².